The first-order valence-corrected chi connectivity index (χ1v) is 8.11. The van der Waals surface area contributed by atoms with Crippen LogP contribution in [0.3, 0.4) is 0 Å². The summed E-state index contributed by atoms with van der Waals surface area (Å²) in [6.45, 7) is 0. The summed E-state index contributed by atoms with van der Waals surface area (Å²) in [6.07, 6.45) is 0. The molecule has 2 aromatic carbocycles. The van der Waals surface area contributed by atoms with Gasteiger partial charge in [-0.15, -0.1) is 0 Å². The highest BCUT2D eigenvalue weighted by molar-refractivity contribution is 9.10. The van der Waals surface area contributed by atoms with Crippen molar-refractivity contribution in [3.05, 3.63) is 63.9 Å². The number of rotatable bonds is 1. The molecule has 2 aromatic rings. The summed E-state index contributed by atoms with van der Waals surface area (Å²) in [7, 11) is 0. The third-order valence-electron chi connectivity index (χ3n) is 3.58. The quantitative estimate of drug-likeness (QED) is 0.800. The predicted octanol–water partition coefficient (Wildman–Crippen LogP) is 3.39. The SMILES string of the molecule is O=C1Nc2ccc(F)cc2C12NN=C(c1ccc(Br)cc1)S2. The Kier molecular flexibility index (Phi) is 3.02. The Morgan fingerprint density at radius 2 is 1.95 bits per heavy atom. The van der Waals surface area contributed by atoms with Gasteiger partial charge in [0.2, 0.25) is 4.87 Å². The number of thioether (sulfide) groups is 1. The Morgan fingerprint density at radius 3 is 2.73 bits per heavy atom. The van der Waals surface area contributed by atoms with Crippen molar-refractivity contribution < 1.29 is 9.18 Å². The smallest absolute Gasteiger partial charge is 0.267 e. The summed E-state index contributed by atoms with van der Waals surface area (Å²) >= 11 is 4.67. The zero-order valence-electron chi connectivity index (χ0n) is 11.1. The molecule has 2 aliphatic rings. The minimum atomic E-state index is -1.10. The van der Waals surface area contributed by atoms with Gasteiger partial charge in [0.1, 0.15) is 10.9 Å². The van der Waals surface area contributed by atoms with Gasteiger partial charge in [0, 0.05) is 21.3 Å². The predicted molar refractivity (Wildman–Crippen MR) is 88.1 cm³/mol. The van der Waals surface area contributed by atoms with Gasteiger partial charge >= 0.3 is 0 Å². The van der Waals surface area contributed by atoms with Crippen LogP contribution in [0.4, 0.5) is 10.1 Å². The van der Waals surface area contributed by atoms with E-state index in [0.29, 0.717) is 16.3 Å². The van der Waals surface area contributed by atoms with E-state index in [-0.39, 0.29) is 11.7 Å². The number of fused-ring (bicyclic) bond motifs is 2. The lowest BCUT2D eigenvalue weighted by Crippen LogP contribution is -2.39. The summed E-state index contributed by atoms with van der Waals surface area (Å²) in [5, 5.41) is 7.74. The molecule has 0 aromatic heterocycles. The number of hydrogen-bond donors (Lipinski definition) is 2. The second-order valence-electron chi connectivity index (χ2n) is 4.96. The highest BCUT2D eigenvalue weighted by Gasteiger charge is 2.52. The van der Waals surface area contributed by atoms with E-state index in [0.717, 1.165) is 10.0 Å². The molecular formula is C15H9BrFN3OS. The molecule has 1 amide bonds. The van der Waals surface area contributed by atoms with Crippen LogP contribution in [0.15, 0.2) is 52.0 Å². The summed E-state index contributed by atoms with van der Waals surface area (Å²) in [4.78, 5) is 11.3. The Balaban J connectivity index is 1.73. The molecule has 2 N–H and O–H groups in total. The van der Waals surface area contributed by atoms with Crippen LogP contribution in [0, 0.1) is 5.82 Å². The van der Waals surface area contributed by atoms with Gasteiger partial charge < -0.3 is 5.32 Å². The number of hydrazone groups is 1. The number of anilines is 1. The fraction of sp³-hybridized carbons (Fsp3) is 0.0667. The molecule has 1 atom stereocenters. The van der Waals surface area contributed by atoms with Crippen molar-refractivity contribution >= 4 is 44.3 Å². The second-order valence-corrected chi connectivity index (χ2v) is 7.08. The van der Waals surface area contributed by atoms with Crippen molar-refractivity contribution in [3.63, 3.8) is 0 Å². The molecule has 0 saturated carbocycles. The molecule has 0 fully saturated rings. The Bertz CT molecular complexity index is 824. The van der Waals surface area contributed by atoms with E-state index < -0.39 is 4.87 Å². The standard InChI is InChI=1S/C15H9BrFN3OS/c16-9-3-1-8(2-4-9)13-19-20-15(22-13)11-7-10(17)5-6-12(11)18-14(15)21/h1-7,20H,(H,18,21). The van der Waals surface area contributed by atoms with Crippen molar-refractivity contribution in [2.24, 2.45) is 5.10 Å². The zero-order valence-corrected chi connectivity index (χ0v) is 13.5. The Labute approximate surface area is 138 Å². The third kappa shape index (κ3) is 1.96. The molecule has 0 aliphatic carbocycles. The molecule has 2 aliphatic heterocycles. The Morgan fingerprint density at radius 1 is 1.18 bits per heavy atom. The molecule has 4 nitrogen and oxygen atoms in total. The zero-order chi connectivity index (χ0) is 15.3. The van der Waals surface area contributed by atoms with Crippen molar-refractivity contribution in [1.29, 1.82) is 0 Å². The lowest BCUT2D eigenvalue weighted by molar-refractivity contribution is -0.118. The van der Waals surface area contributed by atoms with Crippen LogP contribution < -0.4 is 10.7 Å². The van der Waals surface area contributed by atoms with E-state index in [9.17, 15) is 9.18 Å². The van der Waals surface area contributed by atoms with E-state index >= 15 is 0 Å². The number of carbonyl (C=O) groups excluding carboxylic acids is 1. The van der Waals surface area contributed by atoms with Gasteiger partial charge in [-0.25, -0.2) is 4.39 Å². The van der Waals surface area contributed by atoms with Crippen molar-refractivity contribution in [2.75, 3.05) is 5.32 Å². The molecule has 110 valence electrons. The molecule has 22 heavy (non-hydrogen) atoms. The molecule has 1 spiro atoms. The maximum Gasteiger partial charge on any atom is 0.267 e. The molecule has 0 bridgehead atoms. The second kappa shape index (κ2) is 4.82. The fourth-order valence-electron chi connectivity index (χ4n) is 2.50. The fourth-order valence-corrected chi connectivity index (χ4v) is 3.91. The largest absolute Gasteiger partial charge is 0.323 e. The van der Waals surface area contributed by atoms with E-state index in [1.54, 1.807) is 6.07 Å². The highest BCUT2D eigenvalue weighted by Crippen LogP contribution is 2.48. The van der Waals surface area contributed by atoms with Gasteiger partial charge in [-0.2, -0.15) is 5.10 Å². The van der Waals surface area contributed by atoms with E-state index in [2.05, 4.69) is 31.8 Å². The summed E-state index contributed by atoms with van der Waals surface area (Å²) in [5.41, 5.74) is 4.96. The molecule has 4 rings (SSSR count). The third-order valence-corrected chi connectivity index (χ3v) is 5.44. The average molecular weight is 378 g/mol. The highest BCUT2D eigenvalue weighted by atomic mass is 79.9. The number of carbonyl (C=O) groups is 1. The van der Waals surface area contributed by atoms with E-state index in [1.807, 2.05) is 24.3 Å². The Hall–Kier alpha value is -1.86. The first kappa shape index (κ1) is 13.8. The van der Waals surface area contributed by atoms with Crippen molar-refractivity contribution in [2.45, 2.75) is 4.87 Å². The number of benzene rings is 2. The van der Waals surface area contributed by atoms with Crippen LogP contribution in [-0.2, 0) is 9.67 Å². The van der Waals surface area contributed by atoms with Gasteiger partial charge in [-0.3, -0.25) is 10.2 Å². The van der Waals surface area contributed by atoms with Gasteiger partial charge in [-0.1, -0.05) is 39.8 Å². The first-order chi connectivity index (χ1) is 10.6. The van der Waals surface area contributed by atoms with Crippen molar-refractivity contribution in [3.8, 4) is 0 Å². The summed E-state index contributed by atoms with van der Waals surface area (Å²) in [6, 6.07) is 11.9. The van der Waals surface area contributed by atoms with Crippen LogP contribution in [0.25, 0.3) is 0 Å². The summed E-state index contributed by atoms with van der Waals surface area (Å²) < 4.78 is 14.5. The summed E-state index contributed by atoms with van der Waals surface area (Å²) in [5.74, 6) is -0.622. The number of nitrogens with one attached hydrogen (secondary N) is 2. The van der Waals surface area contributed by atoms with Gasteiger partial charge in [0.25, 0.3) is 5.91 Å². The van der Waals surface area contributed by atoms with Crippen LogP contribution in [0.2, 0.25) is 0 Å². The van der Waals surface area contributed by atoms with E-state index in [1.165, 1.54) is 23.9 Å². The molecule has 0 saturated heterocycles. The molecule has 7 heteroatoms. The minimum Gasteiger partial charge on any atom is -0.323 e. The molecule has 2 heterocycles. The maximum absolute atomic E-state index is 13.6. The van der Waals surface area contributed by atoms with Gasteiger partial charge in [0.05, 0.1) is 0 Å². The number of hydrogen-bond acceptors (Lipinski definition) is 4. The van der Waals surface area contributed by atoms with Gasteiger partial charge in [0.15, 0.2) is 0 Å². The van der Waals surface area contributed by atoms with Crippen LogP contribution in [-0.4, -0.2) is 11.0 Å². The van der Waals surface area contributed by atoms with Crippen LogP contribution >= 0.6 is 27.7 Å². The van der Waals surface area contributed by atoms with Gasteiger partial charge in [-0.05, 0) is 30.3 Å². The monoisotopic (exact) mass is 377 g/mol. The normalized spacial score (nSPS) is 22.3. The van der Waals surface area contributed by atoms with Crippen LogP contribution in [0.1, 0.15) is 11.1 Å². The number of halogens is 2. The maximum atomic E-state index is 13.6. The van der Waals surface area contributed by atoms with E-state index in [4.69, 9.17) is 0 Å². The molecular weight excluding hydrogens is 369 g/mol. The molecule has 1 unspecified atom stereocenters. The lowest BCUT2D eigenvalue weighted by Gasteiger charge is -2.19. The number of nitrogens with zero attached hydrogens (tertiary/aromatic N) is 1. The lowest BCUT2D eigenvalue weighted by atomic mass is 10.1. The topological polar surface area (TPSA) is 53.5 Å². The van der Waals surface area contributed by atoms with Crippen LogP contribution in [0.5, 0.6) is 0 Å². The minimum absolute atomic E-state index is 0.242. The average Bonchev–Trinajstić information content (AvgIpc) is 3.06. The van der Waals surface area contributed by atoms with Crippen molar-refractivity contribution in [1.82, 2.24) is 5.43 Å². The number of amides is 1. The molecule has 0 radical (unpaired) electrons. The first-order valence-electron chi connectivity index (χ1n) is 6.50.